The molecule has 0 radical (unpaired) electrons. The summed E-state index contributed by atoms with van der Waals surface area (Å²) in [6.07, 6.45) is 8.40. The van der Waals surface area contributed by atoms with Crippen molar-refractivity contribution >= 4 is 9.73 Å². The van der Waals surface area contributed by atoms with Crippen molar-refractivity contribution in [3.63, 3.8) is 0 Å². The van der Waals surface area contributed by atoms with Crippen LogP contribution in [0.25, 0.3) is 0 Å². The summed E-state index contributed by atoms with van der Waals surface area (Å²) in [6, 6.07) is 9.38. The summed E-state index contributed by atoms with van der Waals surface area (Å²) in [6.45, 7) is 2.01. The Morgan fingerprint density at radius 2 is 1.91 bits per heavy atom. The molecule has 3 atom stereocenters. The number of rotatable bonds is 6. The van der Waals surface area contributed by atoms with Gasteiger partial charge in [0, 0.05) is 18.4 Å². The highest BCUT2D eigenvalue weighted by Crippen LogP contribution is 2.34. The van der Waals surface area contributed by atoms with E-state index in [1.54, 1.807) is 12.5 Å². The van der Waals surface area contributed by atoms with Crippen LogP contribution in [0.1, 0.15) is 45.4 Å². The van der Waals surface area contributed by atoms with Gasteiger partial charge in [0.25, 0.3) is 0 Å². The lowest BCUT2D eigenvalue weighted by Gasteiger charge is -2.31. The van der Waals surface area contributed by atoms with Crippen LogP contribution in [0, 0.1) is 11.8 Å². The monoisotopic (exact) mass is 335 g/mol. The Bertz CT molecular complexity index is 612. The van der Waals surface area contributed by atoms with Gasteiger partial charge in [0.2, 0.25) is 0 Å². The van der Waals surface area contributed by atoms with Crippen LogP contribution in [0.3, 0.4) is 0 Å². The molecule has 0 heterocycles. The van der Waals surface area contributed by atoms with E-state index in [-0.39, 0.29) is 12.0 Å². The fraction of sp³-hybridized carbons (Fsp3) is 0.579. The van der Waals surface area contributed by atoms with E-state index in [0.717, 1.165) is 24.2 Å². The predicted octanol–water partition coefficient (Wildman–Crippen LogP) is 4.62. The first-order valence-electron chi connectivity index (χ1n) is 8.67. The summed E-state index contributed by atoms with van der Waals surface area (Å²) < 4.78 is 17.3. The van der Waals surface area contributed by atoms with Crippen molar-refractivity contribution in [3.05, 3.63) is 41.8 Å². The molecule has 0 aliphatic heterocycles. The molecule has 1 aliphatic carbocycles. The average molecular weight is 336 g/mol. The molecular weight excluding hydrogens is 306 g/mol. The van der Waals surface area contributed by atoms with E-state index >= 15 is 0 Å². The Morgan fingerprint density at radius 1 is 1.26 bits per heavy atom. The normalized spacial score (nSPS) is 21.7. The highest BCUT2D eigenvalue weighted by Gasteiger charge is 2.27. The maximum atomic E-state index is 13.1. The SMILES string of the molecule is CC[C@H](O)[C@@H](/C=C\[S@](=O)(=NC)c1ccccc1)C1CCCCC1. The molecule has 1 aromatic rings. The van der Waals surface area contributed by atoms with Crippen LogP contribution in [0.15, 0.2) is 51.1 Å². The molecule has 1 aliphatic rings. The Balaban J connectivity index is 2.26. The molecule has 0 aromatic heterocycles. The van der Waals surface area contributed by atoms with E-state index in [1.807, 2.05) is 43.3 Å². The van der Waals surface area contributed by atoms with Gasteiger partial charge < -0.3 is 5.11 Å². The maximum absolute atomic E-state index is 13.1. The van der Waals surface area contributed by atoms with E-state index < -0.39 is 9.73 Å². The lowest BCUT2D eigenvalue weighted by atomic mass is 9.77. The minimum absolute atomic E-state index is 0.0755. The van der Waals surface area contributed by atoms with Crippen molar-refractivity contribution in [2.45, 2.75) is 56.4 Å². The average Bonchev–Trinajstić information content (AvgIpc) is 2.63. The summed E-state index contributed by atoms with van der Waals surface area (Å²) >= 11 is 0. The van der Waals surface area contributed by atoms with Crippen molar-refractivity contribution in [2.75, 3.05) is 7.05 Å². The Labute approximate surface area is 141 Å². The second-order valence-corrected chi connectivity index (χ2v) is 8.59. The summed E-state index contributed by atoms with van der Waals surface area (Å²) in [5.41, 5.74) is 0. The third-order valence-corrected chi connectivity index (χ3v) is 6.91. The van der Waals surface area contributed by atoms with E-state index in [9.17, 15) is 9.32 Å². The van der Waals surface area contributed by atoms with Crippen molar-refractivity contribution < 1.29 is 9.32 Å². The van der Waals surface area contributed by atoms with Crippen LogP contribution in [-0.2, 0) is 9.73 Å². The lowest BCUT2D eigenvalue weighted by molar-refractivity contribution is 0.0819. The Kier molecular flexibility index (Phi) is 6.85. The number of hydrogen-bond donors (Lipinski definition) is 1. The molecule has 0 saturated heterocycles. The van der Waals surface area contributed by atoms with Gasteiger partial charge in [0.15, 0.2) is 0 Å². The molecule has 4 heteroatoms. The molecule has 1 fully saturated rings. The van der Waals surface area contributed by atoms with Gasteiger partial charge in [-0.2, -0.15) is 0 Å². The fourth-order valence-electron chi connectivity index (χ4n) is 3.45. The zero-order valence-electron chi connectivity index (χ0n) is 14.2. The molecule has 1 saturated carbocycles. The number of hydrogen-bond acceptors (Lipinski definition) is 3. The van der Waals surface area contributed by atoms with Gasteiger partial charge in [-0.25, -0.2) is 8.57 Å². The van der Waals surface area contributed by atoms with Crippen LogP contribution in [0.2, 0.25) is 0 Å². The number of aliphatic hydroxyl groups excluding tert-OH is 1. The lowest BCUT2D eigenvalue weighted by Crippen LogP contribution is -2.27. The van der Waals surface area contributed by atoms with Crippen molar-refractivity contribution in [3.8, 4) is 0 Å². The van der Waals surface area contributed by atoms with Crippen LogP contribution < -0.4 is 0 Å². The van der Waals surface area contributed by atoms with Gasteiger partial charge in [-0.1, -0.05) is 50.5 Å². The zero-order chi connectivity index (χ0) is 16.7. The van der Waals surface area contributed by atoms with Gasteiger partial charge in [0.1, 0.15) is 0 Å². The summed E-state index contributed by atoms with van der Waals surface area (Å²) in [4.78, 5) is 0.729. The molecule has 1 aromatic carbocycles. The van der Waals surface area contributed by atoms with Crippen molar-refractivity contribution in [1.29, 1.82) is 0 Å². The molecule has 0 spiro atoms. The fourth-order valence-corrected chi connectivity index (χ4v) is 4.88. The van der Waals surface area contributed by atoms with Gasteiger partial charge >= 0.3 is 0 Å². The standard InChI is InChI=1S/C19H29NO2S/c1-3-19(21)18(16-10-6-4-7-11-16)14-15-23(22,20-2)17-12-8-5-9-13-17/h5,8-9,12-16,18-19,21H,3-4,6-7,10-11H2,1-2H3/b15-14-/t18-,19-,23+/m0/s1. The van der Waals surface area contributed by atoms with Gasteiger partial charge in [-0.15, -0.1) is 0 Å². The number of nitrogens with zero attached hydrogens (tertiary/aromatic N) is 1. The first-order chi connectivity index (χ1) is 11.1. The zero-order valence-corrected chi connectivity index (χ0v) is 15.0. The van der Waals surface area contributed by atoms with E-state index in [0.29, 0.717) is 5.92 Å². The third-order valence-electron chi connectivity index (χ3n) is 4.89. The van der Waals surface area contributed by atoms with Crippen LogP contribution >= 0.6 is 0 Å². The smallest absolute Gasteiger partial charge is 0.0963 e. The molecule has 2 rings (SSSR count). The van der Waals surface area contributed by atoms with Crippen molar-refractivity contribution in [2.24, 2.45) is 16.2 Å². The maximum Gasteiger partial charge on any atom is 0.0963 e. The van der Waals surface area contributed by atoms with E-state index in [1.165, 1.54) is 19.3 Å². The number of benzene rings is 1. The minimum atomic E-state index is -2.55. The summed E-state index contributed by atoms with van der Waals surface area (Å²) in [5, 5.41) is 12.2. The summed E-state index contributed by atoms with van der Waals surface area (Å²) in [5.74, 6) is 0.567. The van der Waals surface area contributed by atoms with Crippen LogP contribution in [0.4, 0.5) is 0 Å². The van der Waals surface area contributed by atoms with Crippen LogP contribution in [-0.4, -0.2) is 22.5 Å². The van der Waals surface area contributed by atoms with Gasteiger partial charge in [-0.05, 0) is 37.3 Å². The summed E-state index contributed by atoms with van der Waals surface area (Å²) in [7, 11) is -0.945. The second-order valence-electron chi connectivity index (χ2n) is 6.34. The molecule has 0 bridgehead atoms. The van der Waals surface area contributed by atoms with Crippen LogP contribution in [0.5, 0.6) is 0 Å². The van der Waals surface area contributed by atoms with Gasteiger partial charge in [-0.3, -0.25) is 0 Å². The second kappa shape index (κ2) is 8.65. The Morgan fingerprint density at radius 3 is 2.48 bits per heavy atom. The third kappa shape index (κ3) is 4.67. The molecule has 23 heavy (non-hydrogen) atoms. The van der Waals surface area contributed by atoms with Crippen molar-refractivity contribution in [1.82, 2.24) is 0 Å². The molecule has 0 amide bonds. The topological polar surface area (TPSA) is 49.7 Å². The quantitative estimate of drug-likeness (QED) is 0.824. The number of aliphatic hydroxyl groups is 1. The largest absolute Gasteiger partial charge is 0.393 e. The highest BCUT2D eigenvalue weighted by atomic mass is 32.2. The molecule has 128 valence electrons. The predicted molar refractivity (Wildman–Crippen MR) is 96.7 cm³/mol. The molecule has 0 unspecified atom stereocenters. The molecule has 3 nitrogen and oxygen atoms in total. The first kappa shape index (κ1) is 18.2. The van der Waals surface area contributed by atoms with Gasteiger partial charge in [0.05, 0.1) is 20.7 Å². The highest BCUT2D eigenvalue weighted by molar-refractivity contribution is 7.96. The minimum Gasteiger partial charge on any atom is -0.393 e. The molecular formula is C19H29NO2S. The van der Waals surface area contributed by atoms with E-state index in [2.05, 4.69) is 4.36 Å². The van der Waals surface area contributed by atoms with E-state index in [4.69, 9.17) is 0 Å². The Hall–Kier alpha value is -1.13. The molecule has 1 N–H and O–H groups in total. The first-order valence-corrected chi connectivity index (χ1v) is 10.2.